The molecule has 20 heavy (non-hydrogen) atoms. The molecule has 110 valence electrons. The maximum atomic E-state index is 3.47. The Labute approximate surface area is 123 Å². The highest BCUT2D eigenvalue weighted by Crippen LogP contribution is 2.20. The number of benzene rings is 1. The van der Waals surface area contributed by atoms with Crippen molar-refractivity contribution in [1.29, 1.82) is 0 Å². The van der Waals surface area contributed by atoms with Gasteiger partial charge in [0.15, 0.2) is 0 Å². The van der Waals surface area contributed by atoms with Crippen molar-refractivity contribution in [2.24, 2.45) is 0 Å². The number of aryl methyl sites for hydroxylation is 1. The molecule has 0 saturated carbocycles. The van der Waals surface area contributed by atoms with Gasteiger partial charge in [0.2, 0.25) is 0 Å². The van der Waals surface area contributed by atoms with Gasteiger partial charge in [-0.25, -0.2) is 0 Å². The van der Waals surface area contributed by atoms with Crippen LogP contribution in [-0.4, -0.2) is 31.1 Å². The number of likely N-dealkylation sites (tertiary alicyclic amines) is 1. The molecule has 0 aromatic heterocycles. The Kier molecular flexibility index (Phi) is 5.10. The van der Waals surface area contributed by atoms with Crippen molar-refractivity contribution in [3.8, 4) is 0 Å². The molecular formula is C18H28N2. The highest BCUT2D eigenvalue weighted by molar-refractivity contribution is 5.37. The van der Waals surface area contributed by atoms with Crippen molar-refractivity contribution in [2.75, 3.05) is 26.2 Å². The molecule has 0 radical (unpaired) electrons. The van der Waals surface area contributed by atoms with Gasteiger partial charge < -0.3 is 10.2 Å². The Morgan fingerprint density at radius 1 is 1.05 bits per heavy atom. The Balaban J connectivity index is 1.53. The summed E-state index contributed by atoms with van der Waals surface area (Å²) in [6.07, 6.45) is 9.50. The van der Waals surface area contributed by atoms with Crippen LogP contribution in [0.4, 0.5) is 0 Å². The van der Waals surface area contributed by atoms with Crippen LogP contribution in [0.25, 0.3) is 0 Å². The molecule has 3 rings (SSSR count). The zero-order valence-corrected chi connectivity index (χ0v) is 12.7. The molecule has 1 aromatic carbocycles. The topological polar surface area (TPSA) is 15.3 Å². The third-order valence-electron chi connectivity index (χ3n) is 4.86. The fourth-order valence-electron chi connectivity index (χ4n) is 3.70. The van der Waals surface area contributed by atoms with E-state index in [2.05, 4.69) is 28.4 Å². The lowest BCUT2D eigenvalue weighted by atomic mass is 9.93. The van der Waals surface area contributed by atoms with Gasteiger partial charge >= 0.3 is 0 Å². The Morgan fingerprint density at radius 3 is 2.75 bits per heavy atom. The molecule has 2 aliphatic heterocycles. The van der Waals surface area contributed by atoms with Crippen LogP contribution in [0.15, 0.2) is 18.2 Å². The second-order valence-corrected chi connectivity index (χ2v) is 6.34. The van der Waals surface area contributed by atoms with Gasteiger partial charge in [-0.15, -0.1) is 0 Å². The number of hydrogen-bond acceptors (Lipinski definition) is 2. The summed E-state index contributed by atoms with van der Waals surface area (Å²) in [4.78, 5) is 2.68. The lowest BCUT2D eigenvalue weighted by Crippen LogP contribution is -2.27. The monoisotopic (exact) mass is 272 g/mol. The van der Waals surface area contributed by atoms with E-state index in [1.54, 1.807) is 11.1 Å². The zero-order chi connectivity index (χ0) is 13.6. The number of hydrogen-bond donors (Lipinski definition) is 1. The molecule has 0 aliphatic carbocycles. The average molecular weight is 272 g/mol. The van der Waals surface area contributed by atoms with E-state index in [-0.39, 0.29) is 0 Å². The molecule has 1 N–H and O–H groups in total. The fourth-order valence-corrected chi connectivity index (χ4v) is 3.70. The normalized spacial score (nSPS) is 20.4. The molecule has 0 bridgehead atoms. The van der Waals surface area contributed by atoms with Crippen LogP contribution >= 0.6 is 0 Å². The van der Waals surface area contributed by atoms with Gasteiger partial charge in [-0.1, -0.05) is 31.0 Å². The van der Waals surface area contributed by atoms with Crippen LogP contribution in [0.2, 0.25) is 0 Å². The van der Waals surface area contributed by atoms with Crippen molar-refractivity contribution in [2.45, 2.75) is 51.5 Å². The highest BCUT2D eigenvalue weighted by Gasteiger charge is 2.13. The largest absolute Gasteiger partial charge is 0.312 e. The first-order valence-electron chi connectivity index (χ1n) is 8.46. The average Bonchev–Trinajstić information content (AvgIpc) is 2.76. The van der Waals surface area contributed by atoms with Gasteiger partial charge in [-0.05, 0) is 75.0 Å². The van der Waals surface area contributed by atoms with Gasteiger partial charge in [0, 0.05) is 6.54 Å². The molecule has 0 unspecified atom stereocenters. The van der Waals surface area contributed by atoms with Gasteiger partial charge in [0.05, 0.1) is 0 Å². The Morgan fingerprint density at radius 2 is 1.90 bits per heavy atom. The van der Waals surface area contributed by atoms with Crippen LogP contribution in [-0.2, 0) is 19.4 Å². The highest BCUT2D eigenvalue weighted by atomic mass is 15.1. The Bertz CT molecular complexity index is 419. The summed E-state index contributed by atoms with van der Waals surface area (Å²) in [6.45, 7) is 6.17. The van der Waals surface area contributed by atoms with Crippen LogP contribution in [0.1, 0.15) is 48.8 Å². The summed E-state index contributed by atoms with van der Waals surface area (Å²) < 4.78 is 0. The molecule has 1 aromatic rings. The fraction of sp³-hybridized carbons (Fsp3) is 0.667. The molecule has 1 fully saturated rings. The molecule has 2 nitrogen and oxygen atoms in total. The molecule has 0 spiro atoms. The summed E-state index contributed by atoms with van der Waals surface area (Å²) >= 11 is 0. The summed E-state index contributed by atoms with van der Waals surface area (Å²) in [6, 6.07) is 6.89. The number of nitrogens with one attached hydrogen (secondary N) is 1. The van der Waals surface area contributed by atoms with E-state index in [4.69, 9.17) is 0 Å². The maximum absolute atomic E-state index is 3.47. The first-order valence-corrected chi connectivity index (χ1v) is 8.46. The van der Waals surface area contributed by atoms with Crippen molar-refractivity contribution in [3.05, 3.63) is 34.9 Å². The smallest absolute Gasteiger partial charge is 0.0208 e. The van der Waals surface area contributed by atoms with E-state index in [0.29, 0.717) is 0 Å². The predicted octanol–water partition coefficient (Wildman–Crippen LogP) is 3.14. The van der Waals surface area contributed by atoms with Crippen molar-refractivity contribution in [3.63, 3.8) is 0 Å². The third-order valence-corrected chi connectivity index (χ3v) is 4.86. The minimum Gasteiger partial charge on any atom is -0.312 e. The minimum absolute atomic E-state index is 1.06. The number of rotatable bonds is 4. The van der Waals surface area contributed by atoms with Gasteiger partial charge in [0.25, 0.3) is 0 Å². The lowest BCUT2D eigenvalue weighted by molar-refractivity contribution is 0.281. The lowest BCUT2D eigenvalue weighted by Gasteiger charge is -2.22. The second kappa shape index (κ2) is 7.24. The number of nitrogens with zero attached hydrogens (tertiary/aromatic N) is 1. The first-order chi connectivity index (χ1) is 9.93. The van der Waals surface area contributed by atoms with Crippen LogP contribution in [0.3, 0.4) is 0 Å². The van der Waals surface area contributed by atoms with Gasteiger partial charge in [-0.3, -0.25) is 0 Å². The first kappa shape index (κ1) is 14.1. The van der Waals surface area contributed by atoms with E-state index >= 15 is 0 Å². The summed E-state index contributed by atoms with van der Waals surface area (Å²) in [5, 5.41) is 3.47. The van der Waals surface area contributed by atoms with E-state index < -0.39 is 0 Å². The molecular weight excluding hydrogens is 244 g/mol. The van der Waals surface area contributed by atoms with E-state index in [9.17, 15) is 0 Å². The van der Waals surface area contributed by atoms with Gasteiger partial charge in [-0.2, -0.15) is 0 Å². The predicted molar refractivity (Wildman–Crippen MR) is 85.1 cm³/mol. The van der Waals surface area contributed by atoms with Crippen molar-refractivity contribution >= 4 is 0 Å². The van der Waals surface area contributed by atoms with Crippen molar-refractivity contribution < 1.29 is 0 Å². The molecule has 1 saturated heterocycles. The van der Waals surface area contributed by atoms with E-state index in [0.717, 1.165) is 13.1 Å². The maximum Gasteiger partial charge on any atom is 0.0208 e. The standard InChI is InChI=1S/C18H28N2/c1-2-4-13-20(12-3-1)14-6-9-16-7-5-8-17-15-19-11-10-18(16)17/h5,7-8,19H,1-4,6,9-15H2. The van der Waals surface area contributed by atoms with Crippen molar-refractivity contribution in [1.82, 2.24) is 10.2 Å². The van der Waals surface area contributed by atoms with E-state index in [1.807, 2.05) is 0 Å². The molecule has 0 atom stereocenters. The molecule has 2 heteroatoms. The molecule has 2 aliphatic rings. The van der Waals surface area contributed by atoms with Crippen LogP contribution < -0.4 is 5.32 Å². The van der Waals surface area contributed by atoms with Crippen LogP contribution in [0.5, 0.6) is 0 Å². The summed E-state index contributed by atoms with van der Waals surface area (Å²) in [5.41, 5.74) is 4.78. The SMILES string of the molecule is c1cc(CCCN2CCCCCC2)c2c(c1)CNCC2. The summed E-state index contributed by atoms with van der Waals surface area (Å²) in [7, 11) is 0. The van der Waals surface area contributed by atoms with Gasteiger partial charge in [0.1, 0.15) is 0 Å². The molecule has 0 amide bonds. The third kappa shape index (κ3) is 3.62. The van der Waals surface area contributed by atoms with E-state index in [1.165, 1.54) is 70.1 Å². The zero-order valence-electron chi connectivity index (χ0n) is 12.7. The van der Waals surface area contributed by atoms with Crippen LogP contribution in [0, 0.1) is 0 Å². The minimum atomic E-state index is 1.06. The quantitative estimate of drug-likeness (QED) is 0.906. The summed E-state index contributed by atoms with van der Waals surface area (Å²) in [5.74, 6) is 0. The second-order valence-electron chi connectivity index (χ2n) is 6.34. The Hall–Kier alpha value is -0.860. The number of fused-ring (bicyclic) bond motifs is 1. The molecule has 2 heterocycles.